The van der Waals surface area contributed by atoms with Gasteiger partial charge in [0.2, 0.25) is 0 Å². The van der Waals surface area contributed by atoms with Crippen molar-refractivity contribution in [2.75, 3.05) is 0 Å². The Morgan fingerprint density at radius 2 is 2.00 bits per heavy atom. The summed E-state index contributed by atoms with van der Waals surface area (Å²) in [6.45, 7) is 12.6. The quantitative estimate of drug-likeness (QED) is 0.705. The molecule has 1 N–H and O–H groups in total. The predicted molar refractivity (Wildman–Crippen MR) is 103 cm³/mol. The van der Waals surface area contributed by atoms with E-state index < -0.39 is 0 Å². The number of aromatic nitrogens is 1. The Hall–Kier alpha value is -1.83. The molecule has 0 aliphatic heterocycles. The molecule has 2 nitrogen and oxygen atoms in total. The van der Waals surface area contributed by atoms with Crippen LogP contribution in [0, 0.1) is 5.92 Å². The molecule has 2 heteroatoms. The third kappa shape index (κ3) is 5.09. The monoisotopic (exact) mass is 313 g/mol. The molecule has 1 aromatic rings. The van der Waals surface area contributed by atoms with E-state index in [0.29, 0.717) is 5.92 Å². The summed E-state index contributed by atoms with van der Waals surface area (Å²) in [6, 6.07) is 1.73. The highest BCUT2D eigenvalue weighted by atomic mass is 16.1. The zero-order valence-electron chi connectivity index (χ0n) is 15.5. The predicted octanol–water partition coefficient (Wildman–Crippen LogP) is 5.76. The Morgan fingerprint density at radius 1 is 1.30 bits per heavy atom. The van der Waals surface area contributed by atoms with Gasteiger partial charge in [-0.1, -0.05) is 58.4 Å². The molecule has 23 heavy (non-hydrogen) atoms. The third-order valence-electron chi connectivity index (χ3n) is 4.05. The number of allylic oxidation sites excluding steroid dienone is 5. The highest BCUT2D eigenvalue weighted by molar-refractivity contribution is 5.65. The van der Waals surface area contributed by atoms with E-state index in [1.54, 1.807) is 6.07 Å². The van der Waals surface area contributed by atoms with Gasteiger partial charge >= 0.3 is 0 Å². The van der Waals surface area contributed by atoms with Gasteiger partial charge in [0.1, 0.15) is 0 Å². The lowest BCUT2D eigenvalue weighted by atomic mass is 9.89. The first kappa shape index (κ1) is 19.2. The minimum absolute atomic E-state index is 0.157. The summed E-state index contributed by atoms with van der Waals surface area (Å²) >= 11 is 0. The average Bonchev–Trinajstić information content (AvgIpc) is 2.56. The SMILES string of the molecule is CC.CC/C=C\C=C(/C)c1cc(=O)c2c([nH]1)C=C(C(C)C)CC2. The Balaban J connectivity index is 0.00000127. The first-order valence-corrected chi connectivity index (χ1v) is 8.83. The minimum atomic E-state index is 0.157. The second kappa shape index (κ2) is 9.34. The Labute approximate surface area is 141 Å². The van der Waals surface area contributed by atoms with Gasteiger partial charge in [-0.25, -0.2) is 0 Å². The summed E-state index contributed by atoms with van der Waals surface area (Å²) in [5, 5.41) is 0. The third-order valence-corrected chi connectivity index (χ3v) is 4.05. The smallest absolute Gasteiger partial charge is 0.185 e. The van der Waals surface area contributed by atoms with Crippen LogP contribution in [-0.4, -0.2) is 4.98 Å². The molecular formula is C21H31NO. The van der Waals surface area contributed by atoms with Gasteiger partial charge in [-0.3, -0.25) is 4.79 Å². The minimum Gasteiger partial charge on any atom is -0.355 e. The fourth-order valence-corrected chi connectivity index (χ4v) is 2.62. The number of rotatable bonds is 4. The molecule has 0 unspecified atom stereocenters. The van der Waals surface area contributed by atoms with E-state index in [0.717, 1.165) is 41.8 Å². The van der Waals surface area contributed by atoms with E-state index in [1.807, 2.05) is 26.8 Å². The fourth-order valence-electron chi connectivity index (χ4n) is 2.62. The van der Waals surface area contributed by atoms with Crippen molar-refractivity contribution < 1.29 is 0 Å². The molecule has 0 spiro atoms. The number of hydrogen-bond donors (Lipinski definition) is 1. The first-order chi connectivity index (χ1) is 11.0. The highest BCUT2D eigenvalue weighted by Crippen LogP contribution is 2.26. The van der Waals surface area contributed by atoms with E-state index in [2.05, 4.69) is 44.0 Å². The zero-order chi connectivity index (χ0) is 17.4. The largest absolute Gasteiger partial charge is 0.355 e. The van der Waals surface area contributed by atoms with Crippen LogP contribution in [0.15, 0.2) is 34.7 Å². The molecule has 0 saturated heterocycles. The topological polar surface area (TPSA) is 32.9 Å². The van der Waals surface area contributed by atoms with E-state index in [4.69, 9.17) is 0 Å². The molecule has 1 aromatic heterocycles. The normalized spacial score (nSPS) is 14.4. The Morgan fingerprint density at radius 3 is 2.61 bits per heavy atom. The second-order valence-electron chi connectivity index (χ2n) is 6.00. The van der Waals surface area contributed by atoms with E-state index >= 15 is 0 Å². The van der Waals surface area contributed by atoms with Crippen molar-refractivity contribution in [3.63, 3.8) is 0 Å². The van der Waals surface area contributed by atoms with Gasteiger partial charge in [-0.15, -0.1) is 0 Å². The summed E-state index contributed by atoms with van der Waals surface area (Å²) in [4.78, 5) is 15.7. The molecule has 0 amide bonds. The molecule has 0 aromatic carbocycles. The second-order valence-corrected chi connectivity index (χ2v) is 6.00. The van der Waals surface area contributed by atoms with Crippen LogP contribution >= 0.6 is 0 Å². The van der Waals surface area contributed by atoms with E-state index in [1.165, 1.54) is 5.57 Å². The van der Waals surface area contributed by atoms with Crippen molar-refractivity contribution in [2.24, 2.45) is 5.92 Å². The molecule has 0 radical (unpaired) electrons. The van der Waals surface area contributed by atoms with Crippen molar-refractivity contribution in [3.05, 3.63) is 57.0 Å². The number of pyridine rings is 1. The highest BCUT2D eigenvalue weighted by Gasteiger charge is 2.16. The van der Waals surface area contributed by atoms with Gasteiger partial charge in [0.25, 0.3) is 0 Å². The van der Waals surface area contributed by atoms with E-state index in [9.17, 15) is 4.79 Å². The molecule has 1 heterocycles. The molecule has 1 aliphatic carbocycles. The number of aromatic amines is 1. The number of nitrogens with one attached hydrogen (secondary N) is 1. The van der Waals surface area contributed by atoms with Crippen LogP contribution in [0.1, 0.15) is 71.3 Å². The van der Waals surface area contributed by atoms with Gasteiger partial charge < -0.3 is 4.98 Å². The lowest BCUT2D eigenvalue weighted by Crippen LogP contribution is -2.17. The molecule has 0 fully saturated rings. The van der Waals surface area contributed by atoms with Crippen LogP contribution in [-0.2, 0) is 6.42 Å². The standard InChI is InChI=1S/C19H25NO.C2H6/c1-5-6-7-8-14(4)17-12-19(21)16-10-9-15(13(2)3)11-18(16)20-17;1-2/h6-8,11-13H,5,9-10H2,1-4H3,(H,20,21);1-2H3/b7-6-,14-8+;. The van der Waals surface area contributed by atoms with Crippen LogP contribution in [0.5, 0.6) is 0 Å². The lowest BCUT2D eigenvalue weighted by Gasteiger charge is -2.19. The lowest BCUT2D eigenvalue weighted by molar-refractivity contribution is 0.705. The zero-order valence-corrected chi connectivity index (χ0v) is 15.5. The van der Waals surface area contributed by atoms with Crippen LogP contribution in [0.25, 0.3) is 11.6 Å². The van der Waals surface area contributed by atoms with Crippen molar-refractivity contribution >= 4 is 11.6 Å². The molecule has 0 bridgehead atoms. The van der Waals surface area contributed by atoms with Crippen LogP contribution < -0.4 is 5.43 Å². The van der Waals surface area contributed by atoms with Crippen LogP contribution in [0.4, 0.5) is 0 Å². The van der Waals surface area contributed by atoms with Crippen molar-refractivity contribution in [2.45, 2.75) is 60.8 Å². The maximum Gasteiger partial charge on any atom is 0.185 e. The van der Waals surface area contributed by atoms with Crippen molar-refractivity contribution in [3.8, 4) is 0 Å². The summed E-state index contributed by atoms with van der Waals surface area (Å²) in [5.41, 5.74) is 5.51. The van der Waals surface area contributed by atoms with Crippen LogP contribution in [0.2, 0.25) is 0 Å². The van der Waals surface area contributed by atoms with Gasteiger partial charge in [-0.05, 0) is 43.8 Å². The number of hydrogen-bond acceptors (Lipinski definition) is 1. The van der Waals surface area contributed by atoms with Crippen LogP contribution in [0.3, 0.4) is 0 Å². The Kier molecular flexibility index (Phi) is 7.80. The van der Waals surface area contributed by atoms with Gasteiger partial charge in [0, 0.05) is 23.0 Å². The summed E-state index contributed by atoms with van der Waals surface area (Å²) in [7, 11) is 0. The van der Waals surface area contributed by atoms with Crippen molar-refractivity contribution in [1.82, 2.24) is 4.98 Å². The van der Waals surface area contributed by atoms with Gasteiger partial charge in [-0.2, -0.15) is 0 Å². The fraction of sp³-hybridized carbons (Fsp3) is 0.476. The van der Waals surface area contributed by atoms with Gasteiger partial charge in [0.15, 0.2) is 5.43 Å². The Bertz CT molecular complexity index is 657. The molecular weight excluding hydrogens is 282 g/mol. The maximum absolute atomic E-state index is 12.3. The molecule has 126 valence electrons. The summed E-state index contributed by atoms with van der Waals surface area (Å²) in [6.07, 6.45) is 11.2. The first-order valence-electron chi connectivity index (χ1n) is 8.83. The van der Waals surface area contributed by atoms with Gasteiger partial charge in [0.05, 0.1) is 0 Å². The molecule has 0 saturated carbocycles. The average molecular weight is 313 g/mol. The summed E-state index contributed by atoms with van der Waals surface area (Å²) < 4.78 is 0. The number of H-pyrrole nitrogens is 1. The number of fused-ring (bicyclic) bond motifs is 1. The summed E-state index contributed by atoms with van der Waals surface area (Å²) in [5.74, 6) is 0.537. The van der Waals surface area contributed by atoms with Crippen molar-refractivity contribution in [1.29, 1.82) is 0 Å². The maximum atomic E-state index is 12.3. The van der Waals surface area contributed by atoms with E-state index in [-0.39, 0.29) is 5.43 Å². The molecule has 0 atom stereocenters. The molecule has 2 rings (SSSR count). The molecule has 1 aliphatic rings.